The number of nitrogens with zero attached hydrogens (tertiary/aromatic N) is 1. The topological polar surface area (TPSA) is 12.9 Å². The molecule has 0 N–H and O–H groups in total. The van der Waals surface area contributed by atoms with Gasteiger partial charge in [0.25, 0.3) is 0 Å². The lowest BCUT2D eigenvalue weighted by molar-refractivity contribution is 0.650. The molecule has 0 atom stereocenters. The van der Waals surface area contributed by atoms with Gasteiger partial charge >= 0.3 is 0 Å². The maximum absolute atomic E-state index is 4.84. The van der Waals surface area contributed by atoms with Gasteiger partial charge in [-0.15, -0.1) is 0 Å². The number of hydrogen-bond donors (Lipinski definition) is 0. The van der Waals surface area contributed by atoms with E-state index in [2.05, 4.69) is 80.6 Å². The van der Waals surface area contributed by atoms with Crippen molar-refractivity contribution < 1.29 is 0 Å². The number of hydrogen-bond acceptors (Lipinski definition) is 1. The second kappa shape index (κ2) is 5.81. The molecule has 1 aromatic heterocycles. The molecule has 0 bridgehead atoms. The number of rotatable bonds is 2. The fourth-order valence-corrected chi connectivity index (χ4v) is 4.28. The number of pyridine rings is 1. The predicted molar refractivity (Wildman–Crippen MR) is 110 cm³/mol. The van der Waals surface area contributed by atoms with Gasteiger partial charge in [-0.1, -0.05) is 74.5 Å². The Labute approximate surface area is 154 Å². The standard InChI is InChI=1S/C25H21N/c1-16(2)15-17-11-12-22-20-8-4-3-7-19(20)21-9-5-6-10-23(21)25-24(22)18(17)13-14-26-25/h3-14,16H,15H2,1-2H3. The van der Waals surface area contributed by atoms with E-state index in [9.17, 15) is 0 Å². The number of fused-ring (bicyclic) bond motifs is 5. The van der Waals surface area contributed by atoms with E-state index in [1.54, 1.807) is 0 Å². The molecule has 0 aliphatic heterocycles. The van der Waals surface area contributed by atoms with Gasteiger partial charge in [-0.25, -0.2) is 0 Å². The summed E-state index contributed by atoms with van der Waals surface area (Å²) in [7, 11) is 0. The molecule has 1 aliphatic carbocycles. The minimum Gasteiger partial charge on any atom is -0.256 e. The molecular weight excluding hydrogens is 314 g/mol. The average Bonchev–Trinajstić information content (AvgIpc) is 2.79. The summed E-state index contributed by atoms with van der Waals surface area (Å²) in [6.07, 6.45) is 3.06. The van der Waals surface area contributed by atoms with Crippen LogP contribution in [0.15, 0.2) is 72.9 Å². The minimum absolute atomic E-state index is 0.630. The van der Waals surface area contributed by atoms with Crippen molar-refractivity contribution >= 4 is 10.8 Å². The Morgan fingerprint density at radius 1 is 0.692 bits per heavy atom. The third-order valence-corrected chi connectivity index (χ3v) is 5.34. The molecule has 126 valence electrons. The van der Waals surface area contributed by atoms with Crippen molar-refractivity contribution in [2.24, 2.45) is 5.92 Å². The van der Waals surface area contributed by atoms with Crippen molar-refractivity contribution in [1.82, 2.24) is 4.98 Å². The fourth-order valence-electron chi connectivity index (χ4n) is 4.28. The Hall–Kier alpha value is -2.93. The average molecular weight is 335 g/mol. The zero-order valence-electron chi connectivity index (χ0n) is 15.2. The molecule has 0 spiro atoms. The molecule has 0 saturated carbocycles. The Kier molecular flexibility index (Phi) is 3.43. The number of aromatic nitrogens is 1. The highest BCUT2D eigenvalue weighted by Crippen LogP contribution is 2.47. The van der Waals surface area contributed by atoms with Gasteiger partial charge in [-0.2, -0.15) is 0 Å². The normalized spacial score (nSPS) is 12.0. The third kappa shape index (κ3) is 2.20. The van der Waals surface area contributed by atoms with E-state index in [0.717, 1.165) is 12.1 Å². The molecule has 0 amide bonds. The lowest BCUT2D eigenvalue weighted by Gasteiger charge is -2.14. The van der Waals surface area contributed by atoms with Crippen LogP contribution in [0.4, 0.5) is 0 Å². The van der Waals surface area contributed by atoms with Crippen LogP contribution >= 0.6 is 0 Å². The molecule has 1 nitrogen and oxygen atoms in total. The Bertz CT molecular complexity index is 1090. The summed E-state index contributed by atoms with van der Waals surface area (Å²) in [5.74, 6) is 0.630. The first kappa shape index (κ1) is 15.3. The van der Waals surface area contributed by atoms with Gasteiger partial charge in [-0.05, 0) is 51.6 Å². The largest absolute Gasteiger partial charge is 0.256 e. The molecule has 0 fully saturated rings. The molecule has 26 heavy (non-hydrogen) atoms. The van der Waals surface area contributed by atoms with E-state index >= 15 is 0 Å². The Morgan fingerprint density at radius 2 is 1.31 bits per heavy atom. The molecule has 0 radical (unpaired) electrons. The van der Waals surface area contributed by atoms with Crippen LogP contribution in [0, 0.1) is 5.92 Å². The highest BCUT2D eigenvalue weighted by atomic mass is 14.7. The van der Waals surface area contributed by atoms with Crippen LogP contribution in [0.25, 0.3) is 44.3 Å². The van der Waals surface area contributed by atoms with E-state index in [0.29, 0.717) is 5.92 Å². The van der Waals surface area contributed by atoms with Gasteiger partial charge < -0.3 is 0 Å². The fraction of sp³-hybridized carbons (Fsp3) is 0.160. The van der Waals surface area contributed by atoms with Gasteiger partial charge in [0.1, 0.15) is 0 Å². The molecule has 0 saturated heterocycles. The Balaban J connectivity index is 1.97. The molecule has 1 heteroatoms. The highest BCUT2D eigenvalue weighted by molar-refractivity contribution is 6.12. The quantitative estimate of drug-likeness (QED) is 0.348. The zero-order chi connectivity index (χ0) is 17.7. The summed E-state index contributed by atoms with van der Waals surface area (Å²) in [6.45, 7) is 4.56. The van der Waals surface area contributed by atoms with Crippen molar-refractivity contribution in [3.8, 4) is 33.5 Å². The summed E-state index contributed by atoms with van der Waals surface area (Å²) < 4.78 is 0. The first-order chi connectivity index (χ1) is 12.7. The van der Waals surface area contributed by atoms with Crippen molar-refractivity contribution in [2.45, 2.75) is 20.3 Å². The number of benzene rings is 3. The van der Waals surface area contributed by atoms with Gasteiger partial charge in [0.15, 0.2) is 0 Å². The van der Waals surface area contributed by atoms with Crippen LogP contribution in [-0.4, -0.2) is 4.98 Å². The van der Waals surface area contributed by atoms with Gasteiger partial charge in [0.05, 0.1) is 5.69 Å². The molecule has 0 unspecified atom stereocenters. The van der Waals surface area contributed by atoms with E-state index < -0.39 is 0 Å². The van der Waals surface area contributed by atoms with Gasteiger partial charge in [-0.3, -0.25) is 4.98 Å². The molecule has 1 aliphatic rings. The van der Waals surface area contributed by atoms with Crippen molar-refractivity contribution in [3.05, 3.63) is 78.5 Å². The highest BCUT2D eigenvalue weighted by Gasteiger charge is 2.22. The smallest absolute Gasteiger partial charge is 0.0792 e. The Morgan fingerprint density at radius 3 is 2.00 bits per heavy atom. The van der Waals surface area contributed by atoms with Gasteiger partial charge in [0.2, 0.25) is 0 Å². The van der Waals surface area contributed by atoms with Crippen LogP contribution in [0.5, 0.6) is 0 Å². The summed E-state index contributed by atoms with van der Waals surface area (Å²) in [5.41, 5.74) is 8.90. The predicted octanol–water partition coefficient (Wildman–Crippen LogP) is 6.75. The van der Waals surface area contributed by atoms with Crippen LogP contribution in [0.2, 0.25) is 0 Å². The lowest BCUT2D eigenvalue weighted by Crippen LogP contribution is -1.97. The molecule has 3 aromatic carbocycles. The summed E-state index contributed by atoms with van der Waals surface area (Å²) in [4.78, 5) is 4.84. The van der Waals surface area contributed by atoms with E-state index in [1.165, 1.54) is 44.2 Å². The van der Waals surface area contributed by atoms with E-state index in [4.69, 9.17) is 4.98 Å². The van der Waals surface area contributed by atoms with E-state index in [-0.39, 0.29) is 0 Å². The van der Waals surface area contributed by atoms with E-state index in [1.807, 2.05) is 6.20 Å². The van der Waals surface area contributed by atoms with Crippen LogP contribution < -0.4 is 0 Å². The van der Waals surface area contributed by atoms with Crippen LogP contribution in [-0.2, 0) is 6.42 Å². The first-order valence-electron chi connectivity index (χ1n) is 9.34. The summed E-state index contributed by atoms with van der Waals surface area (Å²) in [5, 5.41) is 2.63. The third-order valence-electron chi connectivity index (χ3n) is 5.34. The SMILES string of the molecule is CC(C)Cc1ccc2c3c(nccc13)-c1ccccc1-c1ccccc1-2. The monoisotopic (exact) mass is 335 g/mol. The molecule has 5 rings (SSSR count). The van der Waals surface area contributed by atoms with Crippen molar-refractivity contribution in [1.29, 1.82) is 0 Å². The summed E-state index contributed by atoms with van der Waals surface area (Å²) >= 11 is 0. The maximum atomic E-state index is 4.84. The van der Waals surface area contributed by atoms with Crippen LogP contribution in [0.1, 0.15) is 19.4 Å². The first-order valence-corrected chi connectivity index (χ1v) is 9.34. The molecule has 4 aromatic rings. The summed E-state index contributed by atoms with van der Waals surface area (Å²) in [6, 6.07) is 24.2. The zero-order valence-corrected chi connectivity index (χ0v) is 15.2. The van der Waals surface area contributed by atoms with Crippen molar-refractivity contribution in [2.75, 3.05) is 0 Å². The van der Waals surface area contributed by atoms with Crippen molar-refractivity contribution in [3.63, 3.8) is 0 Å². The van der Waals surface area contributed by atoms with Crippen LogP contribution in [0.3, 0.4) is 0 Å². The lowest BCUT2D eigenvalue weighted by atomic mass is 9.90. The van der Waals surface area contributed by atoms with Gasteiger partial charge in [0, 0.05) is 17.1 Å². The second-order valence-electron chi connectivity index (χ2n) is 7.54. The minimum atomic E-state index is 0.630. The maximum Gasteiger partial charge on any atom is 0.0792 e. The molecular formula is C25H21N. The second-order valence-corrected chi connectivity index (χ2v) is 7.54. The molecule has 1 heterocycles.